The highest BCUT2D eigenvalue weighted by Crippen LogP contribution is 2.24. The van der Waals surface area contributed by atoms with E-state index < -0.39 is 5.97 Å². The molecular formula is C16H16ClNO4S. The standard InChI is InChI=1S/C16H16ClNO4S/c1-3-7-18(9-10-5-6-14(17)23-10)15(19)13-8-11(16(20)21)12(4-2)22-13/h3,5-6,8H,1,4,7,9H2,2H3,(H,20,21). The molecule has 7 heteroatoms. The van der Waals surface area contributed by atoms with Gasteiger partial charge in [-0.3, -0.25) is 4.79 Å². The van der Waals surface area contributed by atoms with Crippen molar-refractivity contribution in [3.8, 4) is 0 Å². The van der Waals surface area contributed by atoms with Crippen LogP contribution < -0.4 is 0 Å². The van der Waals surface area contributed by atoms with E-state index in [4.69, 9.17) is 21.1 Å². The molecule has 0 atom stereocenters. The van der Waals surface area contributed by atoms with Crippen molar-refractivity contribution >= 4 is 34.8 Å². The second-order valence-electron chi connectivity index (χ2n) is 4.79. The molecule has 23 heavy (non-hydrogen) atoms. The van der Waals surface area contributed by atoms with Gasteiger partial charge < -0.3 is 14.4 Å². The number of aryl methyl sites for hydroxylation is 1. The van der Waals surface area contributed by atoms with E-state index >= 15 is 0 Å². The fraction of sp³-hybridized carbons (Fsp3) is 0.250. The largest absolute Gasteiger partial charge is 0.478 e. The molecule has 0 aliphatic rings. The van der Waals surface area contributed by atoms with Crippen LogP contribution in [0.4, 0.5) is 0 Å². The summed E-state index contributed by atoms with van der Waals surface area (Å²) < 4.78 is 6.07. The van der Waals surface area contributed by atoms with Crippen molar-refractivity contribution in [2.75, 3.05) is 6.54 Å². The summed E-state index contributed by atoms with van der Waals surface area (Å²) in [4.78, 5) is 26.3. The van der Waals surface area contributed by atoms with Gasteiger partial charge in [0, 0.05) is 23.9 Å². The van der Waals surface area contributed by atoms with Crippen LogP contribution in [-0.2, 0) is 13.0 Å². The summed E-state index contributed by atoms with van der Waals surface area (Å²) >= 11 is 7.29. The summed E-state index contributed by atoms with van der Waals surface area (Å²) in [5.41, 5.74) is 0.0218. The maximum absolute atomic E-state index is 12.6. The lowest BCUT2D eigenvalue weighted by molar-refractivity contribution is 0.0692. The molecule has 0 unspecified atom stereocenters. The summed E-state index contributed by atoms with van der Waals surface area (Å²) in [5.74, 6) is -1.18. The number of nitrogens with zero attached hydrogens (tertiary/aromatic N) is 1. The Hall–Kier alpha value is -2.05. The molecule has 0 spiro atoms. The minimum atomic E-state index is -1.11. The first-order valence-electron chi connectivity index (χ1n) is 6.96. The van der Waals surface area contributed by atoms with Gasteiger partial charge in [-0.2, -0.15) is 0 Å². The number of aromatic carboxylic acids is 1. The topological polar surface area (TPSA) is 70.8 Å². The average molecular weight is 354 g/mol. The molecule has 0 aliphatic carbocycles. The van der Waals surface area contributed by atoms with Gasteiger partial charge in [0.25, 0.3) is 5.91 Å². The van der Waals surface area contributed by atoms with Gasteiger partial charge >= 0.3 is 5.97 Å². The normalized spacial score (nSPS) is 10.5. The molecule has 2 rings (SSSR count). The van der Waals surface area contributed by atoms with E-state index in [9.17, 15) is 9.59 Å². The Morgan fingerprint density at radius 3 is 2.70 bits per heavy atom. The van der Waals surface area contributed by atoms with Crippen molar-refractivity contribution in [2.45, 2.75) is 19.9 Å². The van der Waals surface area contributed by atoms with E-state index in [1.165, 1.54) is 22.3 Å². The Balaban J connectivity index is 2.26. The zero-order chi connectivity index (χ0) is 17.0. The molecule has 1 N–H and O–H groups in total. The predicted molar refractivity (Wildman–Crippen MR) is 89.3 cm³/mol. The van der Waals surface area contributed by atoms with Crippen LogP contribution in [0.1, 0.15) is 38.5 Å². The van der Waals surface area contributed by atoms with Crippen LogP contribution in [0.25, 0.3) is 0 Å². The smallest absolute Gasteiger partial charge is 0.339 e. The summed E-state index contributed by atoms with van der Waals surface area (Å²) in [7, 11) is 0. The Morgan fingerprint density at radius 1 is 1.48 bits per heavy atom. The molecule has 0 aliphatic heterocycles. The number of carbonyl (C=O) groups is 2. The summed E-state index contributed by atoms with van der Waals surface area (Å²) in [6.07, 6.45) is 2.01. The quantitative estimate of drug-likeness (QED) is 0.761. The summed E-state index contributed by atoms with van der Waals surface area (Å²) in [6, 6.07) is 4.89. The minimum absolute atomic E-state index is 0.0174. The van der Waals surface area contributed by atoms with E-state index in [1.54, 1.807) is 19.1 Å². The van der Waals surface area contributed by atoms with Crippen LogP contribution in [0, 0.1) is 0 Å². The first-order valence-corrected chi connectivity index (χ1v) is 8.16. The number of carbonyl (C=O) groups excluding carboxylic acids is 1. The number of hydrogen-bond acceptors (Lipinski definition) is 4. The highest BCUT2D eigenvalue weighted by atomic mass is 35.5. The molecule has 0 fully saturated rings. The number of rotatable bonds is 7. The molecule has 0 bridgehead atoms. The fourth-order valence-electron chi connectivity index (χ4n) is 2.13. The first kappa shape index (κ1) is 17.3. The molecule has 5 nitrogen and oxygen atoms in total. The zero-order valence-corrected chi connectivity index (χ0v) is 14.1. The maximum atomic E-state index is 12.6. The monoisotopic (exact) mass is 353 g/mol. The highest BCUT2D eigenvalue weighted by Gasteiger charge is 2.24. The third-order valence-electron chi connectivity index (χ3n) is 3.18. The van der Waals surface area contributed by atoms with E-state index in [1.807, 2.05) is 6.07 Å². The molecule has 1 amide bonds. The number of hydrogen-bond donors (Lipinski definition) is 1. The van der Waals surface area contributed by atoms with Crippen molar-refractivity contribution < 1.29 is 19.1 Å². The lowest BCUT2D eigenvalue weighted by Gasteiger charge is -2.19. The van der Waals surface area contributed by atoms with Crippen LogP contribution in [0.15, 0.2) is 35.3 Å². The number of thiophene rings is 1. The number of furan rings is 1. The predicted octanol–water partition coefficient (Wildman–Crippen LogP) is 4.08. The molecule has 2 heterocycles. The lowest BCUT2D eigenvalue weighted by Crippen LogP contribution is -2.30. The second-order valence-corrected chi connectivity index (χ2v) is 6.59. The van der Waals surface area contributed by atoms with Gasteiger partial charge in [0.15, 0.2) is 5.76 Å². The third kappa shape index (κ3) is 4.03. The van der Waals surface area contributed by atoms with Crippen LogP contribution >= 0.6 is 22.9 Å². The Bertz CT molecular complexity index is 734. The number of halogens is 1. The zero-order valence-electron chi connectivity index (χ0n) is 12.5. The highest BCUT2D eigenvalue weighted by molar-refractivity contribution is 7.16. The summed E-state index contributed by atoms with van der Waals surface area (Å²) in [5, 5.41) is 9.16. The number of carboxylic acid groups (broad SMARTS) is 1. The fourth-order valence-corrected chi connectivity index (χ4v) is 3.24. The van der Waals surface area contributed by atoms with E-state index in [0.717, 1.165) is 4.88 Å². The molecular weight excluding hydrogens is 338 g/mol. The number of carboxylic acids is 1. The van der Waals surface area contributed by atoms with Crippen LogP contribution in [0.2, 0.25) is 4.34 Å². The molecule has 0 aromatic carbocycles. The SMILES string of the molecule is C=CCN(Cc1ccc(Cl)s1)C(=O)c1cc(C(=O)O)c(CC)o1. The Morgan fingerprint density at radius 2 is 2.22 bits per heavy atom. The maximum Gasteiger partial charge on any atom is 0.339 e. The first-order chi connectivity index (χ1) is 11.0. The van der Waals surface area contributed by atoms with Crippen molar-refractivity contribution in [2.24, 2.45) is 0 Å². The van der Waals surface area contributed by atoms with Crippen LogP contribution in [-0.4, -0.2) is 28.4 Å². The Labute approximate surface area is 142 Å². The minimum Gasteiger partial charge on any atom is -0.478 e. The summed E-state index contributed by atoms with van der Waals surface area (Å²) in [6.45, 7) is 6.09. The van der Waals surface area contributed by atoms with Crippen LogP contribution in [0.5, 0.6) is 0 Å². The van der Waals surface area contributed by atoms with E-state index in [0.29, 0.717) is 29.6 Å². The molecule has 0 radical (unpaired) electrons. The molecule has 122 valence electrons. The van der Waals surface area contributed by atoms with Crippen molar-refractivity contribution in [3.05, 3.63) is 57.2 Å². The van der Waals surface area contributed by atoms with Crippen molar-refractivity contribution in [3.63, 3.8) is 0 Å². The van der Waals surface area contributed by atoms with Crippen molar-refractivity contribution in [1.82, 2.24) is 4.90 Å². The van der Waals surface area contributed by atoms with Gasteiger partial charge in [-0.25, -0.2) is 4.79 Å². The molecule has 2 aromatic heterocycles. The van der Waals surface area contributed by atoms with Gasteiger partial charge in [0.2, 0.25) is 0 Å². The third-order valence-corrected chi connectivity index (χ3v) is 4.40. The van der Waals surface area contributed by atoms with Gasteiger partial charge in [-0.1, -0.05) is 24.6 Å². The molecule has 2 aromatic rings. The average Bonchev–Trinajstić information content (AvgIpc) is 3.12. The second kappa shape index (κ2) is 7.48. The number of amides is 1. The lowest BCUT2D eigenvalue weighted by atomic mass is 10.2. The van der Waals surface area contributed by atoms with E-state index in [-0.39, 0.29) is 17.2 Å². The van der Waals surface area contributed by atoms with Crippen LogP contribution in [0.3, 0.4) is 0 Å². The van der Waals surface area contributed by atoms with Gasteiger partial charge in [-0.15, -0.1) is 17.9 Å². The van der Waals surface area contributed by atoms with Gasteiger partial charge in [-0.05, 0) is 12.1 Å². The molecule has 0 saturated heterocycles. The Kier molecular flexibility index (Phi) is 5.63. The molecule has 0 saturated carbocycles. The van der Waals surface area contributed by atoms with E-state index in [2.05, 4.69) is 6.58 Å². The van der Waals surface area contributed by atoms with Gasteiger partial charge in [0.05, 0.1) is 10.9 Å². The van der Waals surface area contributed by atoms with Gasteiger partial charge in [0.1, 0.15) is 11.3 Å². The van der Waals surface area contributed by atoms with Crippen molar-refractivity contribution in [1.29, 1.82) is 0 Å².